The molecule has 1 aliphatic heterocycles. The van der Waals surface area contributed by atoms with Gasteiger partial charge in [-0.2, -0.15) is 0 Å². The van der Waals surface area contributed by atoms with Crippen LogP contribution in [0, 0.1) is 0 Å². The molecule has 12 heavy (non-hydrogen) atoms. The lowest BCUT2D eigenvalue weighted by molar-refractivity contribution is 0.956. The normalized spacial score (nSPS) is 17.0. The lowest BCUT2D eigenvalue weighted by Crippen LogP contribution is -2.21. The average molecular weight is 177 g/mol. The van der Waals surface area contributed by atoms with Crippen LogP contribution in [0.15, 0.2) is 30.3 Å². The smallest absolute Gasteiger partial charge is 0.0824 e. The highest BCUT2D eigenvalue weighted by molar-refractivity contribution is 7.80. The summed E-state index contributed by atoms with van der Waals surface area (Å²) >= 11 is 5.25. The van der Waals surface area contributed by atoms with Gasteiger partial charge < -0.3 is 4.90 Å². The van der Waals surface area contributed by atoms with Crippen LogP contribution in [0.3, 0.4) is 0 Å². The molecule has 1 aromatic rings. The first-order chi connectivity index (χ1) is 5.88. The van der Waals surface area contributed by atoms with Gasteiger partial charge in [-0.1, -0.05) is 30.4 Å². The van der Waals surface area contributed by atoms with E-state index in [4.69, 9.17) is 12.2 Å². The predicted octanol–water partition coefficient (Wildman–Crippen LogP) is 2.61. The maximum Gasteiger partial charge on any atom is 0.0824 e. The second kappa shape index (κ2) is 3.23. The van der Waals surface area contributed by atoms with Crippen LogP contribution >= 0.6 is 12.2 Å². The molecule has 0 unspecified atom stereocenters. The van der Waals surface area contributed by atoms with Gasteiger partial charge in [0.1, 0.15) is 0 Å². The summed E-state index contributed by atoms with van der Waals surface area (Å²) in [5, 5.41) is 0. The standard InChI is InChI=1S/C10H11NS/c12-10-7-4-8-11(10)9-5-2-1-3-6-9/h1-3,5-6H,4,7-8H2. The summed E-state index contributed by atoms with van der Waals surface area (Å²) in [4.78, 5) is 3.30. The first kappa shape index (κ1) is 7.74. The minimum Gasteiger partial charge on any atom is -0.336 e. The topological polar surface area (TPSA) is 3.24 Å². The monoisotopic (exact) mass is 177 g/mol. The highest BCUT2D eigenvalue weighted by atomic mass is 32.1. The lowest BCUT2D eigenvalue weighted by atomic mass is 10.3. The molecular formula is C10H11NS. The zero-order valence-corrected chi connectivity index (χ0v) is 7.68. The Labute approximate surface area is 78.0 Å². The van der Waals surface area contributed by atoms with Crippen molar-refractivity contribution in [3.05, 3.63) is 30.3 Å². The third-order valence-electron chi connectivity index (χ3n) is 2.14. The number of thiocarbonyl (C=S) groups is 1. The molecule has 0 spiro atoms. The van der Waals surface area contributed by atoms with Crippen molar-refractivity contribution in [2.75, 3.05) is 11.4 Å². The Morgan fingerprint density at radius 2 is 1.92 bits per heavy atom. The quantitative estimate of drug-likeness (QED) is 0.607. The van der Waals surface area contributed by atoms with E-state index in [0.29, 0.717) is 0 Å². The van der Waals surface area contributed by atoms with Crippen LogP contribution < -0.4 is 4.90 Å². The third-order valence-corrected chi connectivity index (χ3v) is 2.57. The molecule has 1 aromatic carbocycles. The van der Waals surface area contributed by atoms with Gasteiger partial charge >= 0.3 is 0 Å². The molecule has 62 valence electrons. The van der Waals surface area contributed by atoms with Crippen molar-refractivity contribution in [2.45, 2.75) is 12.8 Å². The van der Waals surface area contributed by atoms with Crippen LogP contribution in [0.2, 0.25) is 0 Å². The van der Waals surface area contributed by atoms with E-state index in [2.05, 4.69) is 29.2 Å². The highest BCUT2D eigenvalue weighted by Gasteiger charge is 2.17. The van der Waals surface area contributed by atoms with Crippen LogP contribution in [0.5, 0.6) is 0 Å². The van der Waals surface area contributed by atoms with Gasteiger partial charge in [0.05, 0.1) is 4.99 Å². The Morgan fingerprint density at radius 1 is 1.17 bits per heavy atom. The molecule has 2 rings (SSSR count). The summed E-state index contributed by atoms with van der Waals surface area (Å²) in [7, 11) is 0. The van der Waals surface area contributed by atoms with Gasteiger partial charge in [0.25, 0.3) is 0 Å². The Morgan fingerprint density at radius 3 is 2.50 bits per heavy atom. The van der Waals surface area contributed by atoms with Gasteiger partial charge in [0, 0.05) is 12.2 Å². The summed E-state index contributed by atoms with van der Waals surface area (Å²) in [5.41, 5.74) is 1.24. The number of benzene rings is 1. The molecule has 1 heterocycles. The number of hydrogen-bond donors (Lipinski definition) is 0. The van der Waals surface area contributed by atoms with Gasteiger partial charge in [-0.3, -0.25) is 0 Å². The molecule has 0 aliphatic carbocycles. The molecule has 1 fully saturated rings. The molecule has 1 aliphatic rings. The van der Waals surface area contributed by atoms with Crippen molar-refractivity contribution in [3.8, 4) is 0 Å². The molecule has 2 heteroatoms. The minimum atomic E-state index is 1.07. The fraction of sp³-hybridized carbons (Fsp3) is 0.300. The van der Waals surface area contributed by atoms with Crippen molar-refractivity contribution < 1.29 is 0 Å². The van der Waals surface area contributed by atoms with E-state index in [-0.39, 0.29) is 0 Å². The molecular weight excluding hydrogens is 166 g/mol. The fourth-order valence-corrected chi connectivity index (χ4v) is 1.87. The second-order valence-electron chi connectivity index (χ2n) is 2.98. The SMILES string of the molecule is S=C1CCCN1c1ccccc1. The van der Waals surface area contributed by atoms with E-state index in [1.807, 2.05) is 6.07 Å². The Balaban J connectivity index is 2.25. The van der Waals surface area contributed by atoms with Gasteiger partial charge in [0.2, 0.25) is 0 Å². The van der Waals surface area contributed by atoms with E-state index in [1.54, 1.807) is 0 Å². The zero-order valence-electron chi connectivity index (χ0n) is 6.86. The number of anilines is 1. The fourth-order valence-electron chi connectivity index (χ4n) is 1.53. The Kier molecular flexibility index (Phi) is 2.09. The largest absolute Gasteiger partial charge is 0.336 e. The molecule has 0 N–H and O–H groups in total. The molecule has 0 aromatic heterocycles. The van der Waals surface area contributed by atoms with Crippen LogP contribution in [0.25, 0.3) is 0 Å². The molecule has 0 amide bonds. The number of para-hydroxylation sites is 1. The van der Waals surface area contributed by atoms with Crippen LogP contribution in [-0.4, -0.2) is 11.5 Å². The minimum absolute atomic E-state index is 1.07. The predicted molar refractivity (Wildman–Crippen MR) is 55.6 cm³/mol. The molecule has 0 bridgehead atoms. The molecule has 0 saturated carbocycles. The maximum absolute atomic E-state index is 5.25. The summed E-state index contributed by atoms with van der Waals surface area (Å²) in [6.45, 7) is 1.09. The van der Waals surface area contributed by atoms with Crippen LogP contribution in [-0.2, 0) is 0 Å². The Hall–Kier alpha value is -0.890. The lowest BCUT2D eigenvalue weighted by Gasteiger charge is -2.17. The summed E-state index contributed by atoms with van der Waals surface area (Å²) in [6.07, 6.45) is 2.28. The van der Waals surface area contributed by atoms with E-state index in [1.165, 1.54) is 12.1 Å². The van der Waals surface area contributed by atoms with Crippen molar-refractivity contribution in [1.82, 2.24) is 0 Å². The number of rotatable bonds is 1. The summed E-state index contributed by atoms with van der Waals surface area (Å²) < 4.78 is 0. The van der Waals surface area contributed by atoms with Gasteiger partial charge in [-0.05, 0) is 25.0 Å². The van der Waals surface area contributed by atoms with E-state index in [9.17, 15) is 0 Å². The molecule has 1 saturated heterocycles. The van der Waals surface area contributed by atoms with E-state index >= 15 is 0 Å². The summed E-state index contributed by atoms with van der Waals surface area (Å²) in [6, 6.07) is 10.4. The van der Waals surface area contributed by atoms with Gasteiger partial charge in [0.15, 0.2) is 0 Å². The van der Waals surface area contributed by atoms with E-state index in [0.717, 1.165) is 18.0 Å². The highest BCUT2D eigenvalue weighted by Crippen LogP contribution is 2.21. The molecule has 1 nitrogen and oxygen atoms in total. The van der Waals surface area contributed by atoms with Crippen molar-refractivity contribution in [1.29, 1.82) is 0 Å². The first-order valence-corrected chi connectivity index (χ1v) is 4.64. The van der Waals surface area contributed by atoms with Gasteiger partial charge in [-0.25, -0.2) is 0 Å². The third kappa shape index (κ3) is 1.34. The van der Waals surface area contributed by atoms with Crippen molar-refractivity contribution >= 4 is 22.9 Å². The van der Waals surface area contributed by atoms with Crippen molar-refractivity contribution in [2.24, 2.45) is 0 Å². The molecule has 0 atom stereocenters. The zero-order chi connectivity index (χ0) is 8.39. The average Bonchev–Trinajstić information content (AvgIpc) is 2.53. The maximum atomic E-state index is 5.25. The van der Waals surface area contributed by atoms with Crippen molar-refractivity contribution in [3.63, 3.8) is 0 Å². The second-order valence-corrected chi connectivity index (χ2v) is 3.46. The molecule has 0 radical (unpaired) electrons. The van der Waals surface area contributed by atoms with Crippen LogP contribution in [0.1, 0.15) is 12.8 Å². The van der Waals surface area contributed by atoms with E-state index < -0.39 is 0 Å². The summed E-state index contributed by atoms with van der Waals surface area (Å²) in [5.74, 6) is 0. The van der Waals surface area contributed by atoms with Crippen LogP contribution in [0.4, 0.5) is 5.69 Å². The first-order valence-electron chi connectivity index (χ1n) is 4.23. The number of hydrogen-bond acceptors (Lipinski definition) is 1. The Bertz CT molecular complexity index is 281. The number of nitrogens with zero attached hydrogens (tertiary/aromatic N) is 1. The van der Waals surface area contributed by atoms with Gasteiger partial charge in [-0.15, -0.1) is 0 Å².